The van der Waals surface area contributed by atoms with E-state index in [-0.39, 0.29) is 12.5 Å². The van der Waals surface area contributed by atoms with Gasteiger partial charge in [0.15, 0.2) is 0 Å². The third kappa shape index (κ3) is 4.40. The molecule has 140 valence electrons. The number of benzene rings is 1. The second-order valence-electron chi connectivity index (χ2n) is 7.02. The van der Waals surface area contributed by atoms with E-state index in [2.05, 4.69) is 10.6 Å². The third-order valence-corrected chi connectivity index (χ3v) is 4.73. The molecule has 2 heterocycles. The summed E-state index contributed by atoms with van der Waals surface area (Å²) in [5.41, 5.74) is 0.733. The van der Waals surface area contributed by atoms with E-state index in [1.165, 1.54) is 16.7 Å². The van der Waals surface area contributed by atoms with Gasteiger partial charge in [-0.15, -0.1) is 11.8 Å². The summed E-state index contributed by atoms with van der Waals surface area (Å²) in [4.78, 5) is 37.8. The predicted molar refractivity (Wildman–Crippen MR) is 97.6 cm³/mol. The molecule has 0 aliphatic carbocycles. The maximum atomic E-state index is 12.2. The minimum Gasteiger partial charge on any atom is -0.444 e. The van der Waals surface area contributed by atoms with Gasteiger partial charge in [0.2, 0.25) is 5.91 Å². The summed E-state index contributed by atoms with van der Waals surface area (Å²) < 4.78 is 10.5. The van der Waals surface area contributed by atoms with Gasteiger partial charge in [0.05, 0.1) is 24.5 Å². The van der Waals surface area contributed by atoms with Crippen molar-refractivity contribution in [3.8, 4) is 0 Å². The molecule has 0 aromatic heterocycles. The maximum Gasteiger partial charge on any atom is 0.414 e. The lowest BCUT2D eigenvalue weighted by atomic mass is 10.2. The van der Waals surface area contributed by atoms with Crippen LogP contribution < -0.4 is 15.5 Å². The van der Waals surface area contributed by atoms with E-state index in [0.717, 1.165) is 4.90 Å². The lowest BCUT2D eigenvalue weighted by molar-refractivity contribution is -0.113. The third-order valence-electron chi connectivity index (χ3n) is 3.65. The average Bonchev–Trinajstić information content (AvgIpc) is 2.91. The van der Waals surface area contributed by atoms with Crippen molar-refractivity contribution in [2.24, 2.45) is 0 Å². The van der Waals surface area contributed by atoms with Crippen molar-refractivity contribution in [2.45, 2.75) is 37.4 Å². The fourth-order valence-corrected chi connectivity index (χ4v) is 3.38. The van der Waals surface area contributed by atoms with Crippen molar-refractivity contribution in [3.05, 3.63) is 18.2 Å². The van der Waals surface area contributed by atoms with Crippen LogP contribution in [0.1, 0.15) is 20.8 Å². The number of thioether (sulfide) groups is 1. The van der Waals surface area contributed by atoms with Crippen LogP contribution in [0.2, 0.25) is 0 Å². The van der Waals surface area contributed by atoms with Gasteiger partial charge in [0, 0.05) is 10.6 Å². The molecule has 26 heavy (non-hydrogen) atoms. The first kappa shape index (κ1) is 18.4. The molecule has 0 saturated carbocycles. The van der Waals surface area contributed by atoms with Crippen LogP contribution in [0.25, 0.3) is 0 Å². The van der Waals surface area contributed by atoms with E-state index >= 15 is 0 Å². The average molecular weight is 379 g/mol. The van der Waals surface area contributed by atoms with Gasteiger partial charge in [-0.2, -0.15) is 0 Å². The van der Waals surface area contributed by atoms with Gasteiger partial charge in [-0.1, -0.05) is 0 Å². The molecule has 9 heteroatoms. The molecule has 2 aliphatic heterocycles. The molecule has 0 unspecified atom stereocenters. The molecule has 1 saturated heterocycles. The second-order valence-corrected chi connectivity index (χ2v) is 8.03. The highest BCUT2D eigenvalue weighted by Gasteiger charge is 2.33. The summed E-state index contributed by atoms with van der Waals surface area (Å²) in [6.45, 7) is 5.79. The van der Waals surface area contributed by atoms with E-state index in [9.17, 15) is 14.4 Å². The molecular formula is C17H21N3O5S. The van der Waals surface area contributed by atoms with E-state index in [1.807, 2.05) is 12.1 Å². The number of rotatable bonds is 3. The molecule has 0 radical (unpaired) electrons. The molecule has 1 atom stereocenters. The van der Waals surface area contributed by atoms with Crippen molar-refractivity contribution >= 4 is 41.2 Å². The second kappa shape index (κ2) is 7.06. The Balaban J connectivity index is 1.61. The van der Waals surface area contributed by atoms with Crippen LogP contribution in [-0.4, -0.2) is 48.6 Å². The van der Waals surface area contributed by atoms with Crippen LogP contribution in [0.3, 0.4) is 0 Å². The minimum atomic E-state index is -0.589. The number of hydrogen-bond donors (Lipinski definition) is 2. The lowest BCUT2D eigenvalue weighted by Crippen LogP contribution is -2.38. The number of hydrogen-bond acceptors (Lipinski definition) is 6. The van der Waals surface area contributed by atoms with Gasteiger partial charge in [0.25, 0.3) is 0 Å². The Morgan fingerprint density at radius 2 is 2.19 bits per heavy atom. The van der Waals surface area contributed by atoms with Crippen LogP contribution in [0.15, 0.2) is 23.1 Å². The maximum absolute atomic E-state index is 12.2. The zero-order chi connectivity index (χ0) is 18.9. The molecule has 8 nitrogen and oxygen atoms in total. The first-order valence-corrected chi connectivity index (χ1v) is 9.21. The Labute approximate surface area is 155 Å². The number of ether oxygens (including phenoxy) is 2. The number of alkyl carbamates (subject to hydrolysis) is 1. The number of carbonyl (C=O) groups is 3. The fraction of sp³-hybridized carbons (Fsp3) is 0.471. The molecule has 2 aliphatic rings. The molecule has 3 amide bonds. The Kier molecular flexibility index (Phi) is 4.99. The predicted octanol–water partition coefficient (Wildman–Crippen LogP) is 2.58. The molecule has 2 N–H and O–H groups in total. The standard InChI is InChI=1S/C17H21N3O5S/c1-17(2,3)25-15(22)18-7-11-8-20(16(23)24-11)10-4-5-13-12(6-10)19-14(21)9-26-13/h4-6,11H,7-9H2,1-3H3,(H,18,22)(H,19,21)/t11-/m0/s1. The topological polar surface area (TPSA) is 97.0 Å². The van der Waals surface area contributed by atoms with Gasteiger partial charge in [-0.25, -0.2) is 9.59 Å². The summed E-state index contributed by atoms with van der Waals surface area (Å²) in [6, 6.07) is 5.44. The zero-order valence-electron chi connectivity index (χ0n) is 14.8. The number of fused-ring (bicyclic) bond motifs is 1. The highest BCUT2D eigenvalue weighted by Crippen LogP contribution is 2.35. The van der Waals surface area contributed by atoms with E-state index in [4.69, 9.17) is 9.47 Å². The number of nitrogens with zero attached hydrogens (tertiary/aromatic N) is 1. The van der Waals surface area contributed by atoms with Crippen LogP contribution >= 0.6 is 11.8 Å². The molecule has 1 fully saturated rings. The van der Waals surface area contributed by atoms with Gasteiger partial charge < -0.3 is 20.1 Å². The quantitative estimate of drug-likeness (QED) is 0.838. The zero-order valence-corrected chi connectivity index (χ0v) is 15.6. The fourth-order valence-electron chi connectivity index (χ4n) is 2.59. The van der Waals surface area contributed by atoms with Crippen molar-refractivity contribution in [2.75, 3.05) is 29.1 Å². The Hall–Kier alpha value is -2.42. The molecule has 0 bridgehead atoms. The van der Waals surface area contributed by atoms with Crippen LogP contribution in [-0.2, 0) is 14.3 Å². The first-order valence-electron chi connectivity index (χ1n) is 8.23. The van der Waals surface area contributed by atoms with E-state index < -0.39 is 23.9 Å². The molecule has 1 aromatic rings. The summed E-state index contributed by atoms with van der Waals surface area (Å²) in [5, 5.41) is 5.40. The summed E-state index contributed by atoms with van der Waals surface area (Å²) in [6.07, 6.45) is -1.52. The van der Waals surface area contributed by atoms with Gasteiger partial charge >= 0.3 is 12.2 Å². The van der Waals surface area contributed by atoms with Crippen LogP contribution in [0.4, 0.5) is 21.0 Å². The van der Waals surface area contributed by atoms with Gasteiger partial charge in [0.1, 0.15) is 11.7 Å². The Bertz CT molecular complexity index is 746. The summed E-state index contributed by atoms with van der Waals surface area (Å²) in [7, 11) is 0. The molecule has 0 spiro atoms. The molecular weight excluding hydrogens is 358 g/mol. The highest BCUT2D eigenvalue weighted by atomic mass is 32.2. The Morgan fingerprint density at radius 3 is 2.92 bits per heavy atom. The monoisotopic (exact) mass is 379 g/mol. The first-order chi connectivity index (χ1) is 12.2. The summed E-state index contributed by atoms with van der Waals surface area (Å²) in [5.74, 6) is 0.319. The lowest BCUT2D eigenvalue weighted by Gasteiger charge is -2.20. The largest absolute Gasteiger partial charge is 0.444 e. The van der Waals surface area contributed by atoms with Crippen molar-refractivity contribution in [3.63, 3.8) is 0 Å². The Morgan fingerprint density at radius 1 is 1.42 bits per heavy atom. The number of cyclic esters (lactones) is 1. The number of nitrogens with one attached hydrogen (secondary N) is 2. The SMILES string of the molecule is CC(C)(C)OC(=O)NC[C@H]1CN(c2ccc3c(c2)NC(=O)CS3)C(=O)O1. The molecule has 1 aromatic carbocycles. The van der Waals surface area contributed by atoms with Crippen LogP contribution in [0.5, 0.6) is 0 Å². The van der Waals surface area contributed by atoms with Crippen molar-refractivity contribution in [1.29, 1.82) is 0 Å². The highest BCUT2D eigenvalue weighted by molar-refractivity contribution is 8.00. The summed E-state index contributed by atoms with van der Waals surface area (Å²) >= 11 is 1.46. The van der Waals surface area contributed by atoms with Crippen molar-refractivity contribution in [1.82, 2.24) is 5.32 Å². The van der Waals surface area contributed by atoms with E-state index in [1.54, 1.807) is 26.8 Å². The van der Waals surface area contributed by atoms with E-state index in [0.29, 0.717) is 23.7 Å². The number of anilines is 2. The number of amides is 3. The van der Waals surface area contributed by atoms with Crippen molar-refractivity contribution < 1.29 is 23.9 Å². The van der Waals surface area contributed by atoms with Gasteiger partial charge in [-0.3, -0.25) is 9.69 Å². The minimum absolute atomic E-state index is 0.0666. The smallest absolute Gasteiger partial charge is 0.414 e. The van der Waals surface area contributed by atoms with Gasteiger partial charge in [-0.05, 0) is 39.0 Å². The van der Waals surface area contributed by atoms with Crippen LogP contribution in [0, 0.1) is 0 Å². The number of carbonyl (C=O) groups excluding carboxylic acids is 3. The normalized spacial score (nSPS) is 19.5. The molecule has 3 rings (SSSR count).